The van der Waals surface area contributed by atoms with Crippen LogP contribution in [0.15, 0.2) is 42.9 Å². The molecule has 3 aromatic heterocycles. The zero-order valence-electron chi connectivity index (χ0n) is 23.2. The molecule has 0 aromatic carbocycles. The Morgan fingerprint density at radius 3 is 2.67 bits per heavy atom. The SMILES string of the molecule is CCOc1ncccc1-c1ccc(OC2CC3(C2)CN(c2cncc(Cl)c2C(F)(F)F)C3)c(C(=O)NCC2(O)CNC2)n1. The minimum absolute atomic E-state index is 0.0288. The largest absolute Gasteiger partial charge is 0.488 e. The van der Waals surface area contributed by atoms with E-state index in [0.717, 1.165) is 6.20 Å². The van der Waals surface area contributed by atoms with Crippen molar-refractivity contribution >= 4 is 23.2 Å². The van der Waals surface area contributed by atoms with Gasteiger partial charge < -0.3 is 30.1 Å². The number of ether oxygens (including phenoxy) is 2. The fraction of sp³-hybridized carbons (Fsp3) is 0.448. The van der Waals surface area contributed by atoms with E-state index >= 15 is 0 Å². The molecule has 6 rings (SSSR count). The maximum Gasteiger partial charge on any atom is 0.419 e. The summed E-state index contributed by atoms with van der Waals surface area (Å²) in [6.45, 7) is 3.85. The maximum atomic E-state index is 13.6. The first-order valence-corrected chi connectivity index (χ1v) is 14.3. The van der Waals surface area contributed by atoms with Gasteiger partial charge in [0.25, 0.3) is 5.91 Å². The van der Waals surface area contributed by atoms with Crippen LogP contribution in [-0.2, 0) is 6.18 Å². The van der Waals surface area contributed by atoms with Crippen LogP contribution >= 0.6 is 11.6 Å². The molecule has 3 N–H and O–H groups in total. The van der Waals surface area contributed by atoms with E-state index in [9.17, 15) is 23.1 Å². The maximum absolute atomic E-state index is 13.6. The van der Waals surface area contributed by atoms with Crippen LogP contribution in [-0.4, -0.2) is 77.0 Å². The zero-order valence-corrected chi connectivity index (χ0v) is 24.0. The highest BCUT2D eigenvalue weighted by atomic mass is 35.5. The second-order valence-electron chi connectivity index (χ2n) is 11.4. The third-order valence-electron chi connectivity index (χ3n) is 8.06. The smallest absolute Gasteiger partial charge is 0.419 e. The Kier molecular flexibility index (Phi) is 7.59. The van der Waals surface area contributed by atoms with Crippen molar-refractivity contribution in [3.05, 3.63) is 59.1 Å². The predicted molar refractivity (Wildman–Crippen MR) is 151 cm³/mol. The fourth-order valence-electron chi connectivity index (χ4n) is 5.86. The Hall–Kier alpha value is -3.68. The quantitative estimate of drug-likeness (QED) is 0.329. The lowest BCUT2D eigenvalue weighted by atomic mass is 9.61. The molecule has 1 saturated carbocycles. The summed E-state index contributed by atoms with van der Waals surface area (Å²) in [7, 11) is 0. The van der Waals surface area contributed by atoms with E-state index in [1.165, 1.54) is 6.20 Å². The number of pyridine rings is 3. The second-order valence-corrected chi connectivity index (χ2v) is 11.8. The van der Waals surface area contributed by atoms with Crippen molar-refractivity contribution in [1.82, 2.24) is 25.6 Å². The summed E-state index contributed by atoms with van der Waals surface area (Å²) in [5.41, 5.74) is -1.01. The van der Waals surface area contributed by atoms with Crippen LogP contribution in [0.3, 0.4) is 0 Å². The number of hydrogen-bond acceptors (Lipinski definition) is 9. The van der Waals surface area contributed by atoms with Crippen molar-refractivity contribution in [2.75, 3.05) is 44.2 Å². The highest BCUT2D eigenvalue weighted by molar-refractivity contribution is 6.31. The van der Waals surface area contributed by atoms with Crippen molar-refractivity contribution < 1.29 is 32.5 Å². The Morgan fingerprint density at radius 1 is 1.23 bits per heavy atom. The molecule has 10 nitrogen and oxygen atoms in total. The predicted octanol–water partition coefficient (Wildman–Crippen LogP) is 3.72. The molecule has 3 aromatic rings. The van der Waals surface area contributed by atoms with Crippen LogP contribution in [0.1, 0.15) is 35.8 Å². The first-order chi connectivity index (χ1) is 20.5. The third-order valence-corrected chi connectivity index (χ3v) is 8.35. The number of nitrogens with one attached hydrogen (secondary N) is 2. The van der Waals surface area contributed by atoms with Crippen LogP contribution in [0.2, 0.25) is 5.02 Å². The summed E-state index contributed by atoms with van der Waals surface area (Å²) in [6, 6.07) is 6.93. The molecule has 0 unspecified atom stereocenters. The summed E-state index contributed by atoms with van der Waals surface area (Å²) in [5.74, 6) is 0.152. The molecule has 1 aliphatic carbocycles. The first kappa shape index (κ1) is 29.4. The number of aliphatic hydroxyl groups is 1. The average molecular weight is 619 g/mol. The summed E-state index contributed by atoms with van der Waals surface area (Å²) >= 11 is 5.85. The standard InChI is InChI=1S/C29H30ClF3N6O4/c1-2-42-26-18(4-3-7-36-26)20-5-6-22(24(38-20)25(40)37-14-28(41)12-35-13-28)43-17-8-27(9-17)15-39(16-27)21-11-34-10-19(30)23(21)29(31,32)33/h3-7,10-11,17,35,41H,2,8-9,12-16H2,1H3,(H,37,40). The van der Waals surface area contributed by atoms with Gasteiger partial charge in [0.1, 0.15) is 17.3 Å². The average Bonchev–Trinajstić information content (AvgIpc) is 2.91. The minimum Gasteiger partial charge on any atom is -0.488 e. The van der Waals surface area contributed by atoms with E-state index in [0.29, 0.717) is 62.8 Å². The first-order valence-electron chi connectivity index (χ1n) is 13.9. The topological polar surface area (TPSA) is 122 Å². The van der Waals surface area contributed by atoms with Crippen LogP contribution in [0.5, 0.6) is 11.6 Å². The molecule has 3 aliphatic rings. The van der Waals surface area contributed by atoms with Crippen molar-refractivity contribution in [3.63, 3.8) is 0 Å². The zero-order chi connectivity index (χ0) is 30.4. The van der Waals surface area contributed by atoms with Crippen LogP contribution in [0.4, 0.5) is 18.9 Å². The number of rotatable bonds is 9. The molecule has 43 heavy (non-hydrogen) atoms. The molecule has 0 radical (unpaired) electrons. The highest BCUT2D eigenvalue weighted by Gasteiger charge is 2.55. The molecule has 228 valence electrons. The van der Waals surface area contributed by atoms with Gasteiger partial charge in [0.05, 0.1) is 34.8 Å². The number of anilines is 1. The van der Waals surface area contributed by atoms with Crippen LogP contribution in [0.25, 0.3) is 11.3 Å². The number of amides is 1. The van der Waals surface area contributed by atoms with E-state index in [1.807, 2.05) is 6.92 Å². The highest BCUT2D eigenvalue weighted by Crippen LogP contribution is 2.53. The number of carbonyl (C=O) groups is 1. The molecule has 14 heteroatoms. The van der Waals surface area contributed by atoms with Gasteiger partial charge in [0.15, 0.2) is 11.4 Å². The normalized spacial score (nSPS) is 18.8. The van der Waals surface area contributed by atoms with E-state index in [2.05, 4.69) is 25.6 Å². The molecule has 2 saturated heterocycles. The van der Waals surface area contributed by atoms with Gasteiger partial charge >= 0.3 is 6.18 Å². The van der Waals surface area contributed by atoms with Crippen molar-refractivity contribution in [2.45, 2.75) is 37.6 Å². The van der Waals surface area contributed by atoms with Crippen LogP contribution in [0, 0.1) is 5.41 Å². The molecule has 0 bridgehead atoms. The third kappa shape index (κ3) is 5.80. The Labute approximate surface area is 250 Å². The number of alkyl halides is 3. The van der Waals surface area contributed by atoms with E-state index in [1.54, 1.807) is 35.4 Å². The van der Waals surface area contributed by atoms with Crippen molar-refractivity contribution in [1.29, 1.82) is 0 Å². The van der Waals surface area contributed by atoms with Gasteiger partial charge in [-0.15, -0.1) is 0 Å². The molecule has 3 fully saturated rings. The molecule has 1 amide bonds. The molecule has 0 atom stereocenters. The number of β-amino-alcohol motifs (C(OH)–C–C–N with tert-alkyl or cyclic N) is 1. The Bertz CT molecular complexity index is 1520. The summed E-state index contributed by atoms with van der Waals surface area (Å²) < 4.78 is 52.8. The molecular formula is C29H30ClF3N6O4. The molecule has 1 spiro atoms. The summed E-state index contributed by atoms with van der Waals surface area (Å²) in [4.78, 5) is 27.7. The van der Waals surface area contributed by atoms with E-state index in [-0.39, 0.29) is 35.2 Å². The Morgan fingerprint density at radius 2 is 2.00 bits per heavy atom. The fourth-order valence-corrected chi connectivity index (χ4v) is 6.13. The summed E-state index contributed by atoms with van der Waals surface area (Å²) in [6.07, 6.45) is 0.158. The van der Waals surface area contributed by atoms with Gasteiger partial charge in [0, 0.05) is 50.5 Å². The monoisotopic (exact) mass is 618 g/mol. The lowest BCUT2D eigenvalue weighted by Crippen LogP contribution is -2.65. The van der Waals surface area contributed by atoms with Crippen molar-refractivity contribution in [2.24, 2.45) is 5.41 Å². The lowest BCUT2D eigenvalue weighted by Gasteiger charge is -2.59. The molecule has 5 heterocycles. The van der Waals surface area contributed by atoms with E-state index < -0.39 is 28.3 Å². The van der Waals surface area contributed by atoms with Gasteiger partial charge in [-0.25, -0.2) is 9.97 Å². The molecule has 2 aliphatic heterocycles. The van der Waals surface area contributed by atoms with Gasteiger partial charge in [-0.1, -0.05) is 11.6 Å². The van der Waals surface area contributed by atoms with Gasteiger partial charge in [-0.2, -0.15) is 13.2 Å². The van der Waals surface area contributed by atoms with E-state index in [4.69, 9.17) is 21.1 Å². The summed E-state index contributed by atoms with van der Waals surface area (Å²) in [5, 5.41) is 15.7. The van der Waals surface area contributed by atoms with Crippen molar-refractivity contribution in [3.8, 4) is 22.9 Å². The van der Waals surface area contributed by atoms with Gasteiger partial charge in [-0.3, -0.25) is 9.78 Å². The van der Waals surface area contributed by atoms with Gasteiger partial charge in [0.2, 0.25) is 5.88 Å². The number of nitrogens with zero attached hydrogens (tertiary/aromatic N) is 4. The van der Waals surface area contributed by atoms with Gasteiger partial charge in [-0.05, 0) is 44.0 Å². The van der Waals surface area contributed by atoms with Crippen LogP contribution < -0.4 is 25.0 Å². The number of aromatic nitrogens is 3. The second kappa shape index (κ2) is 11.1. The number of hydrogen-bond donors (Lipinski definition) is 3. The minimum atomic E-state index is -4.59. The lowest BCUT2D eigenvalue weighted by molar-refractivity contribution is -0.137. The Balaban J connectivity index is 1.17. The molecular weight excluding hydrogens is 589 g/mol. The number of halogens is 4. The number of carbonyl (C=O) groups excluding carboxylic acids is 1.